The smallest absolute Gasteiger partial charge is 0.224 e. The van der Waals surface area contributed by atoms with E-state index in [2.05, 4.69) is 5.32 Å². The fourth-order valence-corrected chi connectivity index (χ4v) is 2.70. The van der Waals surface area contributed by atoms with Crippen molar-refractivity contribution in [1.29, 1.82) is 0 Å². The van der Waals surface area contributed by atoms with Crippen molar-refractivity contribution in [1.82, 2.24) is 4.90 Å². The van der Waals surface area contributed by atoms with E-state index in [1.165, 1.54) is 0 Å². The zero-order chi connectivity index (χ0) is 15.9. The predicted molar refractivity (Wildman–Crippen MR) is 91.9 cm³/mol. The second kappa shape index (κ2) is 7.68. The molecule has 3 rings (SSSR count). The van der Waals surface area contributed by atoms with E-state index in [-0.39, 0.29) is 5.91 Å². The standard InChI is InChI=1S/C19H22N2O2/c22-19(21-14-4-5-15-21)12-13-20-16-8-10-18(11-9-16)23-17-6-2-1-3-7-17/h1-3,6-11,20H,4-5,12-15H2. The van der Waals surface area contributed by atoms with Crippen LogP contribution in [0, 0.1) is 0 Å². The molecule has 0 radical (unpaired) electrons. The van der Waals surface area contributed by atoms with Crippen molar-refractivity contribution < 1.29 is 9.53 Å². The minimum atomic E-state index is 0.249. The van der Waals surface area contributed by atoms with Crippen molar-refractivity contribution in [2.75, 3.05) is 25.0 Å². The van der Waals surface area contributed by atoms with E-state index in [1.54, 1.807) is 0 Å². The largest absolute Gasteiger partial charge is 0.457 e. The van der Waals surface area contributed by atoms with Crippen LogP contribution in [0.5, 0.6) is 11.5 Å². The highest BCUT2D eigenvalue weighted by Gasteiger charge is 2.16. The molecule has 1 N–H and O–H groups in total. The summed E-state index contributed by atoms with van der Waals surface area (Å²) < 4.78 is 5.75. The van der Waals surface area contributed by atoms with Crippen LogP contribution < -0.4 is 10.1 Å². The maximum Gasteiger partial charge on any atom is 0.224 e. The third-order valence-electron chi connectivity index (χ3n) is 3.96. The minimum Gasteiger partial charge on any atom is -0.457 e. The molecule has 0 aromatic heterocycles. The molecule has 0 bridgehead atoms. The van der Waals surface area contributed by atoms with Crippen LogP contribution in [-0.4, -0.2) is 30.4 Å². The lowest BCUT2D eigenvalue weighted by atomic mass is 10.3. The third-order valence-corrected chi connectivity index (χ3v) is 3.96. The number of nitrogens with zero attached hydrogens (tertiary/aromatic N) is 1. The summed E-state index contributed by atoms with van der Waals surface area (Å²) in [4.78, 5) is 13.9. The highest BCUT2D eigenvalue weighted by Crippen LogP contribution is 2.22. The second-order valence-electron chi connectivity index (χ2n) is 5.70. The molecule has 1 aliphatic heterocycles. The Labute approximate surface area is 137 Å². The Hall–Kier alpha value is -2.49. The van der Waals surface area contributed by atoms with E-state index in [9.17, 15) is 4.79 Å². The van der Waals surface area contributed by atoms with Gasteiger partial charge in [0.15, 0.2) is 0 Å². The molecule has 0 atom stereocenters. The summed E-state index contributed by atoms with van der Waals surface area (Å²) in [7, 11) is 0. The fourth-order valence-electron chi connectivity index (χ4n) is 2.70. The number of amides is 1. The van der Waals surface area contributed by atoms with E-state index < -0.39 is 0 Å². The first-order valence-corrected chi connectivity index (χ1v) is 8.16. The zero-order valence-corrected chi connectivity index (χ0v) is 13.2. The van der Waals surface area contributed by atoms with Crippen LogP contribution in [0.3, 0.4) is 0 Å². The normalized spacial score (nSPS) is 13.8. The summed E-state index contributed by atoms with van der Waals surface area (Å²) in [5.41, 5.74) is 1.000. The van der Waals surface area contributed by atoms with E-state index in [0.29, 0.717) is 13.0 Å². The van der Waals surface area contributed by atoms with Crippen LogP contribution >= 0.6 is 0 Å². The summed E-state index contributed by atoms with van der Waals surface area (Å²) in [6.07, 6.45) is 2.83. The molecular weight excluding hydrogens is 288 g/mol. The third kappa shape index (κ3) is 4.49. The predicted octanol–water partition coefficient (Wildman–Crippen LogP) is 3.90. The summed E-state index contributed by atoms with van der Waals surface area (Å²) in [6.45, 7) is 2.50. The molecule has 1 fully saturated rings. The average molecular weight is 310 g/mol. The molecule has 0 saturated carbocycles. The van der Waals surface area contributed by atoms with E-state index in [1.807, 2.05) is 59.5 Å². The number of para-hydroxylation sites is 1. The summed E-state index contributed by atoms with van der Waals surface area (Å²) in [5, 5.41) is 3.29. The number of ether oxygens (including phenoxy) is 1. The summed E-state index contributed by atoms with van der Waals surface area (Å²) in [6, 6.07) is 17.5. The van der Waals surface area contributed by atoms with Gasteiger partial charge in [-0.1, -0.05) is 18.2 Å². The first-order valence-electron chi connectivity index (χ1n) is 8.16. The molecule has 23 heavy (non-hydrogen) atoms. The van der Waals surface area contributed by atoms with E-state index >= 15 is 0 Å². The van der Waals surface area contributed by atoms with Gasteiger partial charge in [0, 0.05) is 31.7 Å². The Morgan fingerprint density at radius 2 is 1.61 bits per heavy atom. The highest BCUT2D eigenvalue weighted by atomic mass is 16.5. The SMILES string of the molecule is O=C(CCNc1ccc(Oc2ccccc2)cc1)N1CCCC1. The molecule has 0 aliphatic carbocycles. The van der Waals surface area contributed by atoms with Gasteiger partial charge in [0.1, 0.15) is 11.5 Å². The quantitative estimate of drug-likeness (QED) is 0.879. The van der Waals surface area contributed by atoms with Crippen molar-refractivity contribution in [3.8, 4) is 11.5 Å². The Balaban J connectivity index is 1.45. The molecule has 2 aromatic carbocycles. The highest BCUT2D eigenvalue weighted by molar-refractivity contribution is 5.77. The summed E-state index contributed by atoms with van der Waals surface area (Å²) in [5.74, 6) is 1.87. The maximum absolute atomic E-state index is 12.0. The first-order chi connectivity index (χ1) is 11.3. The van der Waals surface area contributed by atoms with Crippen molar-refractivity contribution in [3.63, 3.8) is 0 Å². The van der Waals surface area contributed by atoms with Gasteiger partial charge < -0.3 is 15.0 Å². The van der Waals surface area contributed by atoms with Crippen LogP contribution in [0.4, 0.5) is 5.69 Å². The zero-order valence-electron chi connectivity index (χ0n) is 13.2. The molecule has 1 heterocycles. The molecule has 1 amide bonds. The topological polar surface area (TPSA) is 41.6 Å². The molecule has 2 aromatic rings. The monoisotopic (exact) mass is 310 g/mol. The van der Waals surface area contributed by atoms with Gasteiger partial charge in [0.05, 0.1) is 0 Å². The van der Waals surface area contributed by atoms with Gasteiger partial charge in [-0.25, -0.2) is 0 Å². The number of carbonyl (C=O) groups excluding carboxylic acids is 1. The van der Waals surface area contributed by atoms with Gasteiger partial charge >= 0.3 is 0 Å². The number of likely N-dealkylation sites (tertiary alicyclic amines) is 1. The van der Waals surface area contributed by atoms with Gasteiger partial charge in [-0.05, 0) is 49.2 Å². The van der Waals surface area contributed by atoms with Gasteiger partial charge in [-0.3, -0.25) is 4.79 Å². The number of rotatable bonds is 6. The van der Waals surface area contributed by atoms with Crippen molar-refractivity contribution >= 4 is 11.6 Å². The molecule has 0 spiro atoms. The van der Waals surface area contributed by atoms with Crippen molar-refractivity contribution in [2.24, 2.45) is 0 Å². The molecule has 4 heteroatoms. The number of nitrogens with one attached hydrogen (secondary N) is 1. The number of hydrogen-bond donors (Lipinski definition) is 1. The molecular formula is C19H22N2O2. The Bertz CT molecular complexity index is 620. The first kappa shape index (κ1) is 15.4. The van der Waals surface area contributed by atoms with Crippen LogP contribution in [0.15, 0.2) is 54.6 Å². The average Bonchev–Trinajstić information content (AvgIpc) is 3.12. The van der Waals surface area contributed by atoms with E-state index in [0.717, 1.165) is 43.1 Å². The summed E-state index contributed by atoms with van der Waals surface area (Å²) >= 11 is 0. The van der Waals surface area contributed by atoms with Crippen LogP contribution in [0.25, 0.3) is 0 Å². The lowest BCUT2D eigenvalue weighted by Gasteiger charge is -2.15. The van der Waals surface area contributed by atoms with Crippen molar-refractivity contribution in [3.05, 3.63) is 54.6 Å². The van der Waals surface area contributed by atoms with Crippen LogP contribution in [-0.2, 0) is 4.79 Å². The fraction of sp³-hybridized carbons (Fsp3) is 0.316. The Morgan fingerprint density at radius 1 is 0.957 bits per heavy atom. The number of carbonyl (C=O) groups is 1. The van der Waals surface area contributed by atoms with Gasteiger partial charge in [0.25, 0.3) is 0 Å². The molecule has 120 valence electrons. The lowest BCUT2D eigenvalue weighted by molar-refractivity contribution is -0.129. The van der Waals surface area contributed by atoms with Gasteiger partial charge in [-0.2, -0.15) is 0 Å². The van der Waals surface area contributed by atoms with Gasteiger partial charge in [-0.15, -0.1) is 0 Å². The van der Waals surface area contributed by atoms with E-state index in [4.69, 9.17) is 4.74 Å². The number of hydrogen-bond acceptors (Lipinski definition) is 3. The second-order valence-corrected chi connectivity index (χ2v) is 5.70. The number of anilines is 1. The van der Waals surface area contributed by atoms with Crippen LogP contribution in [0.1, 0.15) is 19.3 Å². The molecule has 0 unspecified atom stereocenters. The molecule has 4 nitrogen and oxygen atoms in total. The maximum atomic E-state index is 12.0. The molecule has 1 saturated heterocycles. The van der Waals surface area contributed by atoms with Crippen LogP contribution in [0.2, 0.25) is 0 Å². The Morgan fingerprint density at radius 3 is 2.30 bits per heavy atom. The number of benzene rings is 2. The minimum absolute atomic E-state index is 0.249. The Kier molecular flexibility index (Phi) is 5.14. The lowest BCUT2D eigenvalue weighted by Crippen LogP contribution is -2.29. The van der Waals surface area contributed by atoms with Crippen molar-refractivity contribution in [2.45, 2.75) is 19.3 Å². The molecule has 1 aliphatic rings. The van der Waals surface area contributed by atoms with Gasteiger partial charge in [0.2, 0.25) is 5.91 Å².